The Morgan fingerprint density at radius 1 is 1.37 bits per heavy atom. The Morgan fingerprint density at radius 2 is 2.26 bits per heavy atom. The van der Waals surface area contributed by atoms with Crippen LogP contribution >= 0.6 is 0 Å². The first kappa shape index (κ1) is 17.0. The number of carbonyl (C=O) groups is 1. The molecule has 0 bridgehead atoms. The molecule has 138 valence electrons. The monoisotopic (exact) mass is 366 g/mol. The van der Waals surface area contributed by atoms with Crippen LogP contribution in [0.1, 0.15) is 17.2 Å². The molecule has 0 saturated heterocycles. The van der Waals surface area contributed by atoms with Crippen molar-refractivity contribution in [3.05, 3.63) is 54.0 Å². The van der Waals surface area contributed by atoms with Gasteiger partial charge in [-0.15, -0.1) is 0 Å². The van der Waals surface area contributed by atoms with Crippen LogP contribution < -0.4 is 10.6 Å². The summed E-state index contributed by atoms with van der Waals surface area (Å²) in [5, 5.41) is 18.7. The zero-order valence-corrected chi connectivity index (χ0v) is 14.6. The molecule has 0 spiro atoms. The molecule has 27 heavy (non-hydrogen) atoms. The number of aromatic nitrogens is 4. The molecule has 2 aromatic heterocycles. The highest BCUT2D eigenvalue weighted by atomic mass is 16.5. The van der Waals surface area contributed by atoms with Gasteiger partial charge in [-0.2, -0.15) is 5.10 Å². The van der Waals surface area contributed by atoms with Crippen LogP contribution in [0.15, 0.2) is 42.9 Å². The number of nitrogens with zero attached hydrogens (tertiary/aromatic N) is 4. The van der Waals surface area contributed by atoms with Crippen LogP contribution in [0.2, 0.25) is 0 Å². The first-order chi connectivity index (χ1) is 13.1. The van der Waals surface area contributed by atoms with Crippen LogP contribution in [0.3, 0.4) is 0 Å². The Balaban J connectivity index is 1.60. The molecule has 3 N–H and O–H groups in total. The third-order valence-electron chi connectivity index (χ3n) is 4.27. The summed E-state index contributed by atoms with van der Waals surface area (Å²) in [6, 6.07) is 7.28. The third kappa shape index (κ3) is 3.72. The largest absolute Gasteiger partial charge is 0.465 e. The first-order valence-electron chi connectivity index (χ1n) is 8.37. The smallest absolute Gasteiger partial charge is 0.405 e. The summed E-state index contributed by atoms with van der Waals surface area (Å²) in [4.78, 5) is 19.8. The van der Waals surface area contributed by atoms with E-state index in [2.05, 4.69) is 25.7 Å². The van der Waals surface area contributed by atoms with E-state index in [1.165, 1.54) is 0 Å². The summed E-state index contributed by atoms with van der Waals surface area (Å²) in [5.74, 6) is 0.472. The van der Waals surface area contributed by atoms with E-state index in [4.69, 9.17) is 9.84 Å². The molecule has 3 heterocycles. The fourth-order valence-corrected chi connectivity index (χ4v) is 3.07. The summed E-state index contributed by atoms with van der Waals surface area (Å²) in [6.07, 6.45) is 4.15. The van der Waals surface area contributed by atoms with Gasteiger partial charge in [0.15, 0.2) is 0 Å². The Bertz CT molecular complexity index is 987. The van der Waals surface area contributed by atoms with Crippen molar-refractivity contribution in [1.29, 1.82) is 0 Å². The minimum Gasteiger partial charge on any atom is -0.465 e. The third-order valence-corrected chi connectivity index (χ3v) is 4.27. The molecule has 3 aromatic rings. The van der Waals surface area contributed by atoms with Crippen molar-refractivity contribution in [2.45, 2.75) is 12.6 Å². The lowest BCUT2D eigenvalue weighted by atomic mass is 9.96. The Kier molecular flexibility index (Phi) is 4.43. The summed E-state index contributed by atoms with van der Waals surface area (Å²) >= 11 is 0. The SMILES string of the molecule is Cn1cc(Nc2nccc(-c3ccc4c(c3)COCC4NC(=O)O)n2)cn1. The van der Waals surface area contributed by atoms with E-state index < -0.39 is 6.09 Å². The summed E-state index contributed by atoms with van der Waals surface area (Å²) in [7, 11) is 1.84. The molecule has 4 rings (SSSR count). The highest BCUT2D eigenvalue weighted by Crippen LogP contribution is 2.29. The number of ether oxygens (including phenoxy) is 1. The molecule has 1 unspecified atom stereocenters. The van der Waals surface area contributed by atoms with Gasteiger partial charge in [-0.3, -0.25) is 4.68 Å². The molecule has 0 aliphatic carbocycles. The minimum absolute atomic E-state index is 0.325. The number of amides is 1. The molecule has 1 atom stereocenters. The summed E-state index contributed by atoms with van der Waals surface area (Å²) < 4.78 is 7.22. The second-order valence-corrected chi connectivity index (χ2v) is 6.22. The first-order valence-corrected chi connectivity index (χ1v) is 8.37. The maximum Gasteiger partial charge on any atom is 0.405 e. The van der Waals surface area contributed by atoms with Gasteiger partial charge in [0.1, 0.15) is 0 Å². The quantitative estimate of drug-likeness (QED) is 0.650. The van der Waals surface area contributed by atoms with Gasteiger partial charge in [-0.25, -0.2) is 14.8 Å². The van der Waals surface area contributed by atoms with Crippen molar-refractivity contribution in [1.82, 2.24) is 25.1 Å². The van der Waals surface area contributed by atoms with Crippen molar-refractivity contribution in [2.75, 3.05) is 11.9 Å². The van der Waals surface area contributed by atoms with Crippen LogP contribution in [0, 0.1) is 0 Å². The number of fused-ring (bicyclic) bond motifs is 1. The zero-order valence-electron chi connectivity index (χ0n) is 14.6. The molecule has 9 nitrogen and oxygen atoms in total. The molecule has 0 radical (unpaired) electrons. The van der Waals surface area contributed by atoms with Gasteiger partial charge in [-0.05, 0) is 23.3 Å². The number of aryl methyl sites for hydroxylation is 1. The average Bonchev–Trinajstić information content (AvgIpc) is 3.06. The standard InChI is InChI=1S/C18H18N6O3/c1-24-8-13(7-20-24)21-17-19-5-4-15(22-17)11-2-3-14-12(6-11)9-27-10-16(14)23-18(25)26/h2-8,16,23H,9-10H2,1H3,(H,25,26)(H,19,21,22). The number of nitrogens with one attached hydrogen (secondary N) is 2. The highest BCUT2D eigenvalue weighted by Gasteiger charge is 2.22. The van der Waals surface area contributed by atoms with Crippen molar-refractivity contribution in [3.8, 4) is 11.3 Å². The maximum absolute atomic E-state index is 11.0. The van der Waals surface area contributed by atoms with Crippen LogP contribution in [0.5, 0.6) is 0 Å². The van der Waals surface area contributed by atoms with Gasteiger partial charge in [0, 0.05) is 25.0 Å². The van der Waals surface area contributed by atoms with Gasteiger partial charge in [0.2, 0.25) is 5.95 Å². The topological polar surface area (TPSA) is 114 Å². The Morgan fingerprint density at radius 3 is 3.04 bits per heavy atom. The van der Waals surface area contributed by atoms with E-state index in [-0.39, 0.29) is 6.04 Å². The van der Waals surface area contributed by atoms with Crippen LogP contribution in [0.4, 0.5) is 16.4 Å². The molecule has 0 saturated carbocycles. The number of hydrogen-bond donors (Lipinski definition) is 3. The van der Waals surface area contributed by atoms with E-state index >= 15 is 0 Å². The normalized spacial score (nSPS) is 15.8. The lowest BCUT2D eigenvalue weighted by Crippen LogP contribution is -2.33. The number of carboxylic acid groups (broad SMARTS) is 1. The molecule has 1 aliphatic rings. The molecule has 9 heteroatoms. The zero-order chi connectivity index (χ0) is 18.8. The molecular formula is C18H18N6O3. The fraction of sp³-hybridized carbons (Fsp3) is 0.222. The predicted octanol–water partition coefficient (Wildman–Crippen LogP) is 2.46. The molecule has 1 aromatic carbocycles. The van der Waals surface area contributed by atoms with E-state index in [9.17, 15) is 4.79 Å². The van der Waals surface area contributed by atoms with Gasteiger partial charge >= 0.3 is 6.09 Å². The fourth-order valence-electron chi connectivity index (χ4n) is 3.07. The molecule has 1 aliphatic heterocycles. The van der Waals surface area contributed by atoms with Crippen molar-refractivity contribution >= 4 is 17.7 Å². The lowest BCUT2D eigenvalue weighted by Gasteiger charge is -2.26. The van der Waals surface area contributed by atoms with Gasteiger partial charge in [-0.1, -0.05) is 12.1 Å². The van der Waals surface area contributed by atoms with E-state index in [1.54, 1.807) is 17.1 Å². The number of anilines is 2. The van der Waals surface area contributed by atoms with Gasteiger partial charge in [0.25, 0.3) is 0 Å². The molecule has 0 fully saturated rings. The van der Waals surface area contributed by atoms with Gasteiger partial charge < -0.3 is 20.5 Å². The summed E-state index contributed by atoms with van der Waals surface area (Å²) in [5.41, 5.74) is 4.33. The van der Waals surface area contributed by atoms with E-state index in [0.29, 0.717) is 19.2 Å². The van der Waals surface area contributed by atoms with Crippen molar-refractivity contribution in [3.63, 3.8) is 0 Å². The number of hydrogen-bond acceptors (Lipinski definition) is 6. The maximum atomic E-state index is 11.0. The van der Waals surface area contributed by atoms with Crippen LogP contribution in [-0.2, 0) is 18.4 Å². The van der Waals surface area contributed by atoms with Crippen LogP contribution in [0.25, 0.3) is 11.3 Å². The second kappa shape index (κ2) is 7.04. The predicted molar refractivity (Wildman–Crippen MR) is 97.5 cm³/mol. The Labute approximate surface area is 155 Å². The van der Waals surface area contributed by atoms with E-state index in [0.717, 1.165) is 28.1 Å². The Hall–Kier alpha value is -3.46. The van der Waals surface area contributed by atoms with Crippen LogP contribution in [-0.4, -0.2) is 37.6 Å². The minimum atomic E-state index is -1.07. The van der Waals surface area contributed by atoms with Gasteiger partial charge in [0.05, 0.1) is 36.8 Å². The average molecular weight is 366 g/mol. The number of rotatable bonds is 4. The highest BCUT2D eigenvalue weighted by molar-refractivity contribution is 5.67. The number of benzene rings is 1. The summed E-state index contributed by atoms with van der Waals surface area (Å²) in [6.45, 7) is 0.762. The second-order valence-electron chi connectivity index (χ2n) is 6.22. The van der Waals surface area contributed by atoms with Crippen molar-refractivity contribution in [2.24, 2.45) is 7.05 Å². The molecule has 1 amide bonds. The molecular weight excluding hydrogens is 348 g/mol. The van der Waals surface area contributed by atoms with Crippen molar-refractivity contribution < 1.29 is 14.6 Å². The van der Waals surface area contributed by atoms with E-state index in [1.807, 2.05) is 37.5 Å². The lowest BCUT2D eigenvalue weighted by molar-refractivity contribution is 0.0809.